The third kappa shape index (κ3) is 2.70. The van der Waals surface area contributed by atoms with E-state index in [-0.39, 0.29) is 34.1 Å². The highest BCUT2D eigenvalue weighted by Crippen LogP contribution is 2.72. The molecule has 0 bridgehead atoms. The van der Waals surface area contributed by atoms with E-state index >= 15 is 0 Å². The van der Waals surface area contributed by atoms with Crippen molar-refractivity contribution >= 4 is 12.1 Å². The Balaban J connectivity index is 1.56. The first-order valence-corrected chi connectivity index (χ1v) is 13.3. The first kappa shape index (κ1) is 22.8. The molecule has 3 nitrogen and oxygen atoms in total. The molecule has 0 saturated heterocycles. The van der Waals surface area contributed by atoms with Crippen LogP contribution in [0, 0.1) is 51.2 Å². The first-order chi connectivity index (χ1) is 14.9. The van der Waals surface area contributed by atoms with E-state index in [0.717, 1.165) is 44.0 Å². The summed E-state index contributed by atoms with van der Waals surface area (Å²) in [7, 11) is 0. The van der Waals surface area contributed by atoms with E-state index in [0.29, 0.717) is 30.1 Å². The first-order valence-electron chi connectivity index (χ1n) is 13.3. The van der Waals surface area contributed by atoms with Gasteiger partial charge in [0.25, 0.3) is 0 Å². The van der Waals surface area contributed by atoms with Crippen LogP contribution in [0.2, 0.25) is 0 Å². The van der Waals surface area contributed by atoms with Crippen LogP contribution in [0.4, 0.5) is 0 Å². The molecular formula is C29H44O3. The lowest BCUT2D eigenvalue weighted by atomic mass is 9.36. The summed E-state index contributed by atoms with van der Waals surface area (Å²) in [5, 5.41) is 10.8. The zero-order valence-electron chi connectivity index (χ0n) is 21.2. The van der Waals surface area contributed by atoms with Crippen LogP contribution in [0.5, 0.6) is 0 Å². The van der Waals surface area contributed by atoms with Gasteiger partial charge < -0.3 is 9.90 Å². The van der Waals surface area contributed by atoms with Crippen molar-refractivity contribution in [2.75, 3.05) is 0 Å². The highest BCUT2D eigenvalue weighted by atomic mass is 16.3. The van der Waals surface area contributed by atoms with Gasteiger partial charge in [0.15, 0.2) is 5.78 Å². The molecule has 8 atom stereocenters. The summed E-state index contributed by atoms with van der Waals surface area (Å²) in [4.78, 5) is 25.5. The van der Waals surface area contributed by atoms with Gasteiger partial charge in [-0.3, -0.25) is 4.79 Å². The van der Waals surface area contributed by atoms with Crippen molar-refractivity contribution in [1.82, 2.24) is 0 Å². The lowest BCUT2D eigenvalue weighted by Crippen LogP contribution is -2.62. The maximum absolute atomic E-state index is 13.1. The van der Waals surface area contributed by atoms with Gasteiger partial charge in [0.1, 0.15) is 6.29 Å². The number of allylic oxidation sites excluding steroid dienone is 2. The molecule has 0 aromatic carbocycles. The van der Waals surface area contributed by atoms with Crippen molar-refractivity contribution in [3.8, 4) is 0 Å². The zero-order chi connectivity index (χ0) is 23.3. The Kier molecular flexibility index (Phi) is 5.01. The monoisotopic (exact) mass is 440 g/mol. The maximum atomic E-state index is 13.1. The average Bonchev–Trinajstić information content (AvgIpc) is 3.03. The van der Waals surface area contributed by atoms with E-state index in [1.54, 1.807) is 0 Å². The van der Waals surface area contributed by atoms with Gasteiger partial charge in [-0.1, -0.05) is 41.5 Å². The molecule has 0 spiro atoms. The molecule has 6 unspecified atom stereocenters. The van der Waals surface area contributed by atoms with E-state index in [1.807, 2.05) is 0 Å². The molecule has 0 radical (unpaired) electrons. The molecule has 178 valence electrons. The van der Waals surface area contributed by atoms with E-state index in [1.165, 1.54) is 24.8 Å². The summed E-state index contributed by atoms with van der Waals surface area (Å²) in [5.74, 6) is 2.68. The van der Waals surface area contributed by atoms with Crippen LogP contribution in [0.25, 0.3) is 0 Å². The summed E-state index contributed by atoms with van der Waals surface area (Å²) >= 11 is 0. The van der Waals surface area contributed by atoms with Gasteiger partial charge in [-0.25, -0.2) is 0 Å². The van der Waals surface area contributed by atoms with Gasteiger partial charge in [-0.2, -0.15) is 0 Å². The van der Waals surface area contributed by atoms with E-state index in [9.17, 15) is 14.7 Å². The number of hydrogen-bond donors (Lipinski definition) is 1. The lowest BCUT2D eigenvalue weighted by molar-refractivity contribution is -0.202. The Bertz CT molecular complexity index is 868. The second-order valence-corrected chi connectivity index (χ2v) is 13.7. The minimum Gasteiger partial charge on any atom is -0.393 e. The van der Waals surface area contributed by atoms with Crippen molar-refractivity contribution in [3.63, 3.8) is 0 Å². The second-order valence-electron chi connectivity index (χ2n) is 13.7. The van der Waals surface area contributed by atoms with Crippen LogP contribution < -0.4 is 0 Å². The highest BCUT2D eigenvalue weighted by Gasteiger charge is 2.66. The number of ketones is 1. The summed E-state index contributed by atoms with van der Waals surface area (Å²) in [6.45, 7) is 14.0. The zero-order valence-corrected chi connectivity index (χ0v) is 21.2. The number of aldehydes is 1. The molecule has 0 heterocycles. The van der Waals surface area contributed by atoms with Crippen molar-refractivity contribution in [3.05, 3.63) is 11.1 Å². The molecule has 5 rings (SSSR count). The summed E-state index contributed by atoms with van der Waals surface area (Å²) in [6, 6.07) is 0. The van der Waals surface area contributed by atoms with Crippen LogP contribution in [0.3, 0.4) is 0 Å². The highest BCUT2D eigenvalue weighted by molar-refractivity contribution is 6.03. The Morgan fingerprint density at radius 1 is 0.906 bits per heavy atom. The van der Waals surface area contributed by atoms with Crippen molar-refractivity contribution in [1.29, 1.82) is 0 Å². The standard InChI is InChI=1S/C29H44O3/c1-17(2)24-20(31)15-29(16-30)14-9-19-18(25(24)29)7-8-22-27(19,5)12-10-21-26(3,4)23(32)11-13-28(21,22)6/h16-19,21-23,32H,7-15H2,1-6H3/t18?,19?,21?,22?,23-,27?,28?,29-/m0/s1. The molecule has 5 aliphatic carbocycles. The number of rotatable bonds is 2. The number of Topliss-reactive ketones (excluding diaryl/α,β-unsaturated/α-hetero) is 1. The Morgan fingerprint density at radius 3 is 2.25 bits per heavy atom. The molecule has 4 fully saturated rings. The maximum Gasteiger partial charge on any atom is 0.160 e. The van der Waals surface area contributed by atoms with Crippen molar-refractivity contribution in [2.45, 2.75) is 105 Å². The molecule has 0 aromatic heterocycles. The van der Waals surface area contributed by atoms with E-state index in [4.69, 9.17) is 0 Å². The van der Waals surface area contributed by atoms with Gasteiger partial charge in [0, 0.05) is 6.42 Å². The van der Waals surface area contributed by atoms with Crippen LogP contribution >= 0.6 is 0 Å². The fourth-order valence-corrected chi connectivity index (χ4v) is 10.5. The largest absolute Gasteiger partial charge is 0.393 e. The molecule has 32 heavy (non-hydrogen) atoms. The predicted molar refractivity (Wildman–Crippen MR) is 127 cm³/mol. The quantitative estimate of drug-likeness (QED) is 0.525. The van der Waals surface area contributed by atoms with Crippen molar-refractivity contribution < 1.29 is 14.7 Å². The molecule has 3 heteroatoms. The number of aliphatic hydroxyl groups is 1. The third-order valence-corrected chi connectivity index (χ3v) is 11.9. The number of fused-ring (bicyclic) bond motifs is 7. The second kappa shape index (κ2) is 7.03. The number of aliphatic hydroxyl groups excluding tert-OH is 1. The van der Waals surface area contributed by atoms with Crippen LogP contribution in [-0.4, -0.2) is 23.3 Å². The molecule has 4 saturated carbocycles. The Hall–Kier alpha value is -0.960. The summed E-state index contributed by atoms with van der Waals surface area (Å²) in [5.41, 5.74) is 2.31. The average molecular weight is 441 g/mol. The number of carbonyl (C=O) groups is 2. The molecule has 5 aliphatic rings. The number of hydrogen-bond acceptors (Lipinski definition) is 3. The van der Waals surface area contributed by atoms with Crippen molar-refractivity contribution in [2.24, 2.45) is 51.2 Å². The SMILES string of the molecule is CC(C)C1=C2C3CCC4C(C)(CCC5C4(C)CC[C@H](O)C5(C)C)C3CC[C@@]2(C=O)CC1=O. The van der Waals surface area contributed by atoms with Gasteiger partial charge in [0.2, 0.25) is 0 Å². The Labute approximate surface area is 194 Å². The van der Waals surface area contributed by atoms with Crippen LogP contribution in [0.1, 0.15) is 99.3 Å². The van der Waals surface area contributed by atoms with E-state index < -0.39 is 5.41 Å². The molecule has 0 amide bonds. The molecule has 0 aliphatic heterocycles. The van der Waals surface area contributed by atoms with Crippen LogP contribution in [-0.2, 0) is 9.59 Å². The molecule has 1 N–H and O–H groups in total. The van der Waals surface area contributed by atoms with Gasteiger partial charge in [-0.15, -0.1) is 0 Å². The lowest BCUT2D eigenvalue weighted by Gasteiger charge is -2.68. The number of carbonyl (C=O) groups excluding carboxylic acids is 2. The van der Waals surface area contributed by atoms with Gasteiger partial charge in [-0.05, 0) is 108 Å². The van der Waals surface area contributed by atoms with Gasteiger partial charge in [0.05, 0.1) is 11.5 Å². The summed E-state index contributed by atoms with van der Waals surface area (Å²) in [6.07, 6.45) is 10.2. The summed E-state index contributed by atoms with van der Waals surface area (Å²) < 4.78 is 0. The predicted octanol–water partition coefficient (Wildman–Crippen LogP) is 6.14. The fraction of sp³-hybridized carbons (Fsp3) is 0.862. The minimum atomic E-state index is -0.501. The smallest absolute Gasteiger partial charge is 0.160 e. The molecule has 0 aromatic rings. The van der Waals surface area contributed by atoms with Crippen LogP contribution in [0.15, 0.2) is 11.1 Å². The normalized spacial score (nSPS) is 49.9. The molecular weight excluding hydrogens is 396 g/mol. The van der Waals surface area contributed by atoms with E-state index in [2.05, 4.69) is 41.5 Å². The minimum absolute atomic E-state index is 0.0182. The fourth-order valence-electron chi connectivity index (χ4n) is 10.5. The topological polar surface area (TPSA) is 54.4 Å². The Morgan fingerprint density at radius 2 is 1.59 bits per heavy atom. The third-order valence-electron chi connectivity index (χ3n) is 11.9. The van der Waals surface area contributed by atoms with Gasteiger partial charge >= 0.3 is 0 Å².